The minimum absolute atomic E-state index is 0.0798. The third kappa shape index (κ3) is 60.0. The number of hydrogen-bond acceptors (Lipinski definition) is 6. The minimum atomic E-state index is -0.785. The molecule has 0 bridgehead atoms. The van der Waals surface area contributed by atoms with Gasteiger partial charge in [0, 0.05) is 19.3 Å². The van der Waals surface area contributed by atoms with Crippen molar-refractivity contribution in [2.45, 2.75) is 341 Å². The van der Waals surface area contributed by atoms with E-state index in [1.54, 1.807) is 0 Å². The molecule has 1 atom stereocenters. The molecule has 1 unspecified atom stereocenters. The third-order valence-corrected chi connectivity index (χ3v) is 14.3. The number of carbonyl (C=O) groups is 3. The predicted molar refractivity (Wildman–Crippen MR) is 321 cm³/mol. The first-order valence-electron chi connectivity index (χ1n) is 32.3. The van der Waals surface area contributed by atoms with Gasteiger partial charge in [-0.15, -0.1) is 0 Å². The predicted octanol–water partition coefficient (Wildman–Crippen LogP) is 21.9. The Labute approximate surface area is 460 Å². The highest BCUT2D eigenvalue weighted by Crippen LogP contribution is 2.17. The molecule has 0 aromatic rings. The molecule has 0 aliphatic heterocycles. The molecule has 6 heteroatoms. The number of rotatable bonds is 59. The number of hydrogen-bond donors (Lipinski definition) is 0. The zero-order valence-corrected chi connectivity index (χ0v) is 49.4. The fourth-order valence-corrected chi connectivity index (χ4v) is 9.43. The van der Waals surface area contributed by atoms with E-state index in [0.717, 1.165) is 103 Å². The summed E-state index contributed by atoms with van der Waals surface area (Å²) in [5, 5.41) is 0. The first-order valence-corrected chi connectivity index (χ1v) is 32.3. The van der Waals surface area contributed by atoms with E-state index in [1.807, 2.05) is 0 Å². The van der Waals surface area contributed by atoms with E-state index in [9.17, 15) is 14.4 Å². The lowest BCUT2D eigenvalue weighted by Gasteiger charge is -2.18. The van der Waals surface area contributed by atoms with Crippen molar-refractivity contribution in [2.75, 3.05) is 13.2 Å². The Hall–Kier alpha value is -2.89. The highest BCUT2D eigenvalue weighted by atomic mass is 16.6. The van der Waals surface area contributed by atoms with Gasteiger partial charge in [0.1, 0.15) is 13.2 Å². The summed E-state index contributed by atoms with van der Waals surface area (Å²) in [7, 11) is 0. The fraction of sp³-hybridized carbons (Fsp3) is 0.809. The number of esters is 3. The number of ether oxygens (including phenoxy) is 3. The Kier molecular flexibility index (Phi) is 60.2. The van der Waals surface area contributed by atoms with E-state index in [0.29, 0.717) is 19.3 Å². The van der Waals surface area contributed by atoms with Crippen LogP contribution in [-0.4, -0.2) is 37.2 Å². The van der Waals surface area contributed by atoms with Gasteiger partial charge in [0.05, 0.1) is 0 Å². The second-order valence-electron chi connectivity index (χ2n) is 21.6. The Balaban J connectivity index is 4.32. The van der Waals surface area contributed by atoms with Gasteiger partial charge < -0.3 is 14.2 Å². The average molecular weight is 1040 g/mol. The number of carbonyl (C=O) groups excluding carboxylic acids is 3. The standard InChI is InChI=1S/C68H122O6/c1-4-7-10-13-16-19-22-25-28-31-32-33-34-35-36-38-40-43-46-49-52-55-58-61-67(70)73-64-65(63-72-66(69)60-57-54-51-48-45-42-39-30-27-24-21-18-15-12-9-6-3)74-68(71)62-59-56-53-50-47-44-41-37-29-26-23-20-17-14-11-8-5-2/h8,11,17,20-21,24,26,29-30,39,65H,4-7,9-10,12-16,18-19,22-23,25,27-28,31-38,40-64H2,1-3H3/b11-8-,20-17-,24-21-,29-26-,39-30-. The van der Waals surface area contributed by atoms with E-state index in [-0.39, 0.29) is 31.1 Å². The van der Waals surface area contributed by atoms with Crippen LogP contribution in [0.1, 0.15) is 335 Å². The van der Waals surface area contributed by atoms with Crippen molar-refractivity contribution in [1.29, 1.82) is 0 Å². The summed E-state index contributed by atoms with van der Waals surface area (Å²) in [6.07, 6.45) is 79.4. The van der Waals surface area contributed by atoms with Gasteiger partial charge in [0.25, 0.3) is 0 Å². The van der Waals surface area contributed by atoms with E-state index in [1.165, 1.54) is 193 Å². The molecule has 0 radical (unpaired) electrons. The fourth-order valence-electron chi connectivity index (χ4n) is 9.43. The van der Waals surface area contributed by atoms with Crippen molar-refractivity contribution in [3.05, 3.63) is 60.8 Å². The smallest absolute Gasteiger partial charge is 0.306 e. The molecule has 0 aliphatic rings. The van der Waals surface area contributed by atoms with Gasteiger partial charge in [0.15, 0.2) is 6.10 Å². The monoisotopic (exact) mass is 1030 g/mol. The Morgan fingerprint density at radius 2 is 0.527 bits per heavy atom. The van der Waals surface area contributed by atoms with Crippen molar-refractivity contribution >= 4 is 17.9 Å². The molecule has 0 aromatic carbocycles. The van der Waals surface area contributed by atoms with Gasteiger partial charge in [-0.05, 0) is 83.5 Å². The van der Waals surface area contributed by atoms with E-state index in [4.69, 9.17) is 14.2 Å². The molecule has 0 rings (SSSR count). The molecule has 0 N–H and O–H groups in total. The molecule has 0 spiro atoms. The summed E-state index contributed by atoms with van der Waals surface area (Å²) in [6, 6.07) is 0. The normalized spacial score (nSPS) is 12.4. The molecular weight excluding hydrogens is 913 g/mol. The van der Waals surface area contributed by atoms with Crippen LogP contribution in [0, 0.1) is 0 Å². The summed E-state index contributed by atoms with van der Waals surface area (Å²) in [5.74, 6) is -0.886. The van der Waals surface area contributed by atoms with Crippen LogP contribution in [0.25, 0.3) is 0 Å². The van der Waals surface area contributed by atoms with Gasteiger partial charge >= 0.3 is 17.9 Å². The largest absolute Gasteiger partial charge is 0.462 e. The van der Waals surface area contributed by atoms with Gasteiger partial charge in [-0.1, -0.05) is 293 Å². The Bertz CT molecular complexity index is 1330. The van der Waals surface area contributed by atoms with Crippen LogP contribution in [0.15, 0.2) is 60.8 Å². The first kappa shape index (κ1) is 71.1. The van der Waals surface area contributed by atoms with Gasteiger partial charge in [-0.2, -0.15) is 0 Å². The van der Waals surface area contributed by atoms with Crippen molar-refractivity contribution < 1.29 is 28.6 Å². The summed E-state index contributed by atoms with van der Waals surface area (Å²) in [5.41, 5.74) is 0. The second-order valence-corrected chi connectivity index (χ2v) is 21.6. The molecule has 0 fully saturated rings. The van der Waals surface area contributed by atoms with Crippen LogP contribution in [0.2, 0.25) is 0 Å². The Morgan fingerprint density at radius 3 is 0.838 bits per heavy atom. The number of allylic oxidation sites excluding steroid dienone is 10. The summed E-state index contributed by atoms with van der Waals surface area (Å²) in [6.45, 7) is 6.54. The van der Waals surface area contributed by atoms with E-state index >= 15 is 0 Å². The van der Waals surface area contributed by atoms with E-state index < -0.39 is 6.10 Å². The maximum Gasteiger partial charge on any atom is 0.306 e. The quantitative estimate of drug-likeness (QED) is 0.0261. The van der Waals surface area contributed by atoms with Gasteiger partial charge in [0.2, 0.25) is 0 Å². The maximum absolute atomic E-state index is 12.9. The third-order valence-electron chi connectivity index (χ3n) is 14.3. The van der Waals surface area contributed by atoms with Crippen LogP contribution >= 0.6 is 0 Å². The molecule has 0 saturated carbocycles. The van der Waals surface area contributed by atoms with Gasteiger partial charge in [-0.3, -0.25) is 14.4 Å². The summed E-state index contributed by atoms with van der Waals surface area (Å²) >= 11 is 0. The molecule has 0 saturated heterocycles. The zero-order valence-electron chi connectivity index (χ0n) is 49.4. The lowest BCUT2D eigenvalue weighted by atomic mass is 10.0. The Morgan fingerprint density at radius 1 is 0.284 bits per heavy atom. The molecule has 6 nitrogen and oxygen atoms in total. The topological polar surface area (TPSA) is 78.9 Å². The molecule has 74 heavy (non-hydrogen) atoms. The van der Waals surface area contributed by atoms with Crippen LogP contribution < -0.4 is 0 Å². The van der Waals surface area contributed by atoms with Gasteiger partial charge in [-0.25, -0.2) is 0 Å². The summed E-state index contributed by atoms with van der Waals surface area (Å²) < 4.78 is 16.9. The molecule has 0 heterocycles. The molecule has 430 valence electrons. The van der Waals surface area contributed by atoms with Crippen LogP contribution in [0.5, 0.6) is 0 Å². The van der Waals surface area contributed by atoms with Crippen molar-refractivity contribution in [2.24, 2.45) is 0 Å². The number of unbranched alkanes of at least 4 members (excludes halogenated alkanes) is 38. The van der Waals surface area contributed by atoms with Crippen LogP contribution in [0.3, 0.4) is 0 Å². The summed E-state index contributed by atoms with van der Waals surface area (Å²) in [4.78, 5) is 38.3. The van der Waals surface area contributed by atoms with Crippen molar-refractivity contribution in [1.82, 2.24) is 0 Å². The molecule has 0 aromatic heterocycles. The molecule has 0 aliphatic carbocycles. The maximum atomic E-state index is 12.9. The van der Waals surface area contributed by atoms with E-state index in [2.05, 4.69) is 81.5 Å². The van der Waals surface area contributed by atoms with Crippen molar-refractivity contribution in [3.8, 4) is 0 Å². The highest BCUT2D eigenvalue weighted by molar-refractivity contribution is 5.71. The first-order chi connectivity index (χ1) is 36.5. The zero-order chi connectivity index (χ0) is 53.6. The lowest BCUT2D eigenvalue weighted by Crippen LogP contribution is -2.30. The van der Waals surface area contributed by atoms with Crippen LogP contribution in [-0.2, 0) is 28.6 Å². The molecular formula is C68H122O6. The SMILES string of the molecule is CC/C=C\C/C=C\C/C=C\CCCCCCCCCC(=O)OC(COC(=O)CCCCCCC/C=C\C/C=C\CCCCCC)COC(=O)CCCCCCCCCCCCCCCCCCCCCCCCC. The highest BCUT2D eigenvalue weighted by Gasteiger charge is 2.19. The molecule has 0 amide bonds. The minimum Gasteiger partial charge on any atom is -0.462 e. The lowest BCUT2D eigenvalue weighted by molar-refractivity contribution is -0.167. The second kappa shape index (κ2) is 62.6. The average Bonchev–Trinajstić information content (AvgIpc) is 3.40. The van der Waals surface area contributed by atoms with Crippen molar-refractivity contribution in [3.63, 3.8) is 0 Å². The van der Waals surface area contributed by atoms with Crippen LogP contribution in [0.4, 0.5) is 0 Å².